The molecule has 1 N–H and O–H groups in total. The summed E-state index contributed by atoms with van der Waals surface area (Å²) in [5, 5.41) is 3.60. The predicted molar refractivity (Wildman–Crippen MR) is 90.3 cm³/mol. The first-order valence-corrected chi connectivity index (χ1v) is 7.88. The number of halogens is 1. The van der Waals surface area contributed by atoms with Crippen molar-refractivity contribution < 1.29 is 0 Å². The van der Waals surface area contributed by atoms with Gasteiger partial charge in [-0.15, -0.1) is 0 Å². The van der Waals surface area contributed by atoms with Gasteiger partial charge in [-0.3, -0.25) is 0 Å². The summed E-state index contributed by atoms with van der Waals surface area (Å²) in [5.41, 5.74) is 6.53. The van der Waals surface area contributed by atoms with Crippen LogP contribution in [-0.4, -0.2) is 6.54 Å². The lowest BCUT2D eigenvalue weighted by molar-refractivity contribution is 0.629. The van der Waals surface area contributed by atoms with Gasteiger partial charge in [0.1, 0.15) is 0 Å². The molecule has 0 heterocycles. The average Bonchev–Trinajstić information content (AvgIpc) is 2.41. The van der Waals surface area contributed by atoms with E-state index in [9.17, 15) is 0 Å². The summed E-state index contributed by atoms with van der Waals surface area (Å²) in [4.78, 5) is 0. The summed E-state index contributed by atoms with van der Waals surface area (Å²) in [6.45, 7) is 9.55. The predicted octanol–water partition coefficient (Wildman–Crippen LogP) is 5.07. The maximum absolute atomic E-state index is 3.65. The van der Waals surface area contributed by atoms with E-state index in [1.165, 1.54) is 32.3 Å². The molecule has 0 radical (unpaired) electrons. The van der Waals surface area contributed by atoms with Crippen LogP contribution >= 0.6 is 15.9 Å². The first-order valence-electron chi connectivity index (χ1n) is 7.09. The van der Waals surface area contributed by atoms with Crippen LogP contribution in [0.15, 0.2) is 40.9 Å². The lowest BCUT2D eigenvalue weighted by Gasteiger charge is -2.21. The van der Waals surface area contributed by atoms with Crippen molar-refractivity contribution in [1.82, 2.24) is 5.32 Å². The Balaban J connectivity index is 2.48. The van der Waals surface area contributed by atoms with E-state index < -0.39 is 0 Å². The average molecular weight is 332 g/mol. The number of hydrogen-bond donors (Lipinski definition) is 1. The lowest BCUT2D eigenvalue weighted by atomic mass is 9.94. The second-order valence-corrected chi connectivity index (χ2v) is 6.17. The normalized spacial score (nSPS) is 12.4. The molecule has 0 saturated carbocycles. The Kier molecular flexibility index (Phi) is 5.00. The highest BCUT2D eigenvalue weighted by Gasteiger charge is 2.15. The minimum Gasteiger partial charge on any atom is -0.307 e. The summed E-state index contributed by atoms with van der Waals surface area (Å²) in [7, 11) is 0. The van der Waals surface area contributed by atoms with Gasteiger partial charge in [0.2, 0.25) is 0 Å². The molecule has 0 aliphatic carbocycles. The Labute approximate surface area is 130 Å². The van der Waals surface area contributed by atoms with E-state index in [0.29, 0.717) is 0 Å². The van der Waals surface area contributed by atoms with E-state index in [4.69, 9.17) is 0 Å². The third-order valence-corrected chi connectivity index (χ3v) is 4.83. The molecular formula is C18H22BrN. The van der Waals surface area contributed by atoms with Crippen molar-refractivity contribution in [3.8, 4) is 0 Å². The fourth-order valence-electron chi connectivity index (χ4n) is 2.63. The molecule has 0 bridgehead atoms. The van der Waals surface area contributed by atoms with Crippen molar-refractivity contribution in [3.63, 3.8) is 0 Å². The van der Waals surface area contributed by atoms with Crippen molar-refractivity contribution in [2.75, 3.05) is 6.54 Å². The maximum atomic E-state index is 3.65. The highest BCUT2D eigenvalue weighted by Crippen LogP contribution is 2.29. The molecule has 20 heavy (non-hydrogen) atoms. The van der Waals surface area contributed by atoms with Crippen LogP contribution in [0.1, 0.15) is 40.8 Å². The number of aryl methyl sites for hydroxylation is 3. The fourth-order valence-corrected chi connectivity index (χ4v) is 2.86. The molecule has 1 nitrogen and oxygen atoms in total. The molecule has 0 aromatic heterocycles. The van der Waals surface area contributed by atoms with Crippen molar-refractivity contribution in [2.24, 2.45) is 0 Å². The quantitative estimate of drug-likeness (QED) is 0.824. The van der Waals surface area contributed by atoms with Crippen LogP contribution in [0.25, 0.3) is 0 Å². The van der Waals surface area contributed by atoms with Crippen molar-refractivity contribution in [1.29, 1.82) is 0 Å². The second kappa shape index (κ2) is 6.55. The first-order chi connectivity index (χ1) is 9.52. The molecule has 0 aliphatic rings. The van der Waals surface area contributed by atoms with Gasteiger partial charge in [-0.2, -0.15) is 0 Å². The van der Waals surface area contributed by atoms with E-state index >= 15 is 0 Å². The van der Waals surface area contributed by atoms with Crippen LogP contribution in [0.4, 0.5) is 0 Å². The molecule has 0 amide bonds. The lowest BCUT2D eigenvalue weighted by Crippen LogP contribution is -2.22. The van der Waals surface area contributed by atoms with Gasteiger partial charge in [0.25, 0.3) is 0 Å². The third-order valence-electron chi connectivity index (χ3n) is 3.58. The molecule has 2 rings (SSSR count). The van der Waals surface area contributed by atoms with Gasteiger partial charge in [0.15, 0.2) is 0 Å². The number of nitrogens with one attached hydrogen (secondary N) is 1. The van der Waals surface area contributed by atoms with E-state index in [0.717, 1.165) is 6.54 Å². The molecule has 2 heteroatoms. The Morgan fingerprint density at radius 1 is 1.00 bits per heavy atom. The topological polar surface area (TPSA) is 12.0 Å². The van der Waals surface area contributed by atoms with Crippen LogP contribution in [-0.2, 0) is 0 Å². The van der Waals surface area contributed by atoms with Crippen LogP contribution < -0.4 is 5.32 Å². The Bertz CT molecular complexity index is 581. The summed E-state index contributed by atoms with van der Waals surface area (Å²) < 4.78 is 1.21. The van der Waals surface area contributed by atoms with Crippen molar-refractivity contribution in [2.45, 2.75) is 33.7 Å². The standard InChI is InChI=1S/C18H22BrN/c1-5-20-18(15-8-6-7-12(2)9-15)16-10-13(3)17(19)14(4)11-16/h6-11,18,20H,5H2,1-4H3. The monoisotopic (exact) mass is 331 g/mol. The Hall–Kier alpha value is -1.12. The van der Waals surface area contributed by atoms with Crippen LogP contribution in [0.5, 0.6) is 0 Å². The van der Waals surface area contributed by atoms with Gasteiger partial charge < -0.3 is 5.32 Å². The van der Waals surface area contributed by atoms with E-state index in [2.05, 4.69) is 85.3 Å². The van der Waals surface area contributed by atoms with E-state index in [1.807, 2.05) is 0 Å². The van der Waals surface area contributed by atoms with Crippen LogP contribution in [0, 0.1) is 20.8 Å². The summed E-state index contributed by atoms with van der Waals surface area (Å²) >= 11 is 3.65. The zero-order valence-corrected chi connectivity index (χ0v) is 14.2. The zero-order chi connectivity index (χ0) is 14.7. The molecule has 1 unspecified atom stereocenters. The van der Waals surface area contributed by atoms with Crippen molar-refractivity contribution in [3.05, 3.63) is 68.7 Å². The maximum Gasteiger partial charge on any atom is 0.0576 e. The van der Waals surface area contributed by atoms with Gasteiger partial charge >= 0.3 is 0 Å². The van der Waals surface area contributed by atoms with Gasteiger partial charge in [0.05, 0.1) is 6.04 Å². The summed E-state index contributed by atoms with van der Waals surface area (Å²) in [6.07, 6.45) is 0. The smallest absolute Gasteiger partial charge is 0.0576 e. The fraction of sp³-hybridized carbons (Fsp3) is 0.333. The number of hydrogen-bond acceptors (Lipinski definition) is 1. The Morgan fingerprint density at radius 2 is 1.65 bits per heavy atom. The molecule has 2 aromatic rings. The molecule has 1 atom stereocenters. The highest BCUT2D eigenvalue weighted by molar-refractivity contribution is 9.10. The molecule has 2 aromatic carbocycles. The van der Waals surface area contributed by atoms with Gasteiger partial charge in [0, 0.05) is 4.47 Å². The highest BCUT2D eigenvalue weighted by atomic mass is 79.9. The molecule has 0 fully saturated rings. The van der Waals surface area contributed by atoms with Crippen LogP contribution in [0.2, 0.25) is 0 Å². The SMILES string of the molecule is CCNC(c1cccc(C)c1)c1cc(C)c(Br)c(C)c1. The molecular weight excluding hydrogens is 310 g/mol. The third kappa shape index (κ3) is 3.31. The molecule has 106 valence electrons. The first kappa shape index (κ1) is 15.3. The minimum absolute atomic E-state index is 0.255. The summed E-state index contributed by atoms with van der Waals surface area (Å²) in [6, 6.07) is 13.5. The van der Waals surface area contributed by atoms with Gasteiger partial charge in [-0.1, -0.05) is 64.8 Å². The molecule has 0 saturated heterocycles. The van der Waals surface area contributed by atoms with Gasteiger partial charge in [-0.25, -0.2) is 0 Å². The second-order valence-electron chi connectivity index (χ2n) is 5.37. The van der Waals surface area contributed by atoms with Crippen molar-refractivity contribution >= 4 is 15.9 Å². The Morgan fingerprint density at radius 3 is 2.20 bits per heavy atom. The van der Waals surface area contributed by atoms with Gasteiger partial charge in [-0.05, 0) is 49.6 Å². The molecule has 0 spiro atoms. The number of benzene rings is 2. The van der Waals surface area contributed by atoms with E-state index in [-0.39, 0.29) is 6.04 Å². The largest absolute Gasteiger partial charge is 0.307 e. The minimum atomic E-state index is 0.255. The summed E-state index contributed by atoms with van der Waals surface area (Å²) in [5.74, 6) is 0. The van der Waals surface area contributed by atoms with E-state index in [1.54, 1.807) is 0 Å². The van der Waals surface area contributed by atoms with Crippen LogP contribution in [0.3, 0.4) is 0 Å². The molecule has 0 aliphatic heterocycles. The zero-order valence-electron chi connectivity index (χ0n) is 12.6. The number of rotatable bonds is 4.